The fourth-order valence-corrected chi connectivity index (χ4v) is 9.15. The first kappa shape index (κ1) is 40.8. The molecule has 1 aliphatic heterocycles. The van der Waals surface area contributed by atoms with Crippen LogP contribution in [0, 0.1) is 5.41 Å². The summed E-state index contributed by atoms with van der Waals surface area (Å²) >= 11 is 0. The van der Waals surface area contributed by atoms with E-state index < -0.39 is 0 Å². The highest BCUT2D eigenvalue weighted by Gasteiger charge is 2.25. The van der Waals surface area contributed by atoms with E-state index in [-0.39, 0.29) is 0 Å². The van der Waals surface area contributed by atoms with Gasteiger partial charge < -0.3 is 5.32 Å². The number of rotatable bonds is 10. The zero-order chi connectivity index (χ0) is 44.9. The van der Waals surface area contributed by atoms with Gasteiger partial charge in [-0.05, 0) is 97.6 Å². The van der Waals surface area contributed by atoms with Crippen molar-refractivity contribution in [2.75, 3.05) is 0 Å². The summed E-state index contributed by atoms with van der Waals surface area (Å²) in [7, 11) is 0. The Morgan fingerprint density at radius 2 is 0.731 bits per heavy atom. The SMILES string of the molecule is N=C(/C(=C1\NC(c2ccccc2)=Cc2c1cccc2-c1cccc(-c2cc(-c3cccc(-c4ccccc4)c3)nc(-c3cccc(-c4ccccc4)c3)c2)c1)c1ccccc1)c1ccccc1. The number of hydrogen-bond acceptors (Lipinski definition) is 3. The van der Waals surface area contributed by atoms with Crippen molar-refractivity contribution in [1.82, 2.24) is 10.3 Å². The molecule has 3 nitrogen and oxygen atoms in total. The van der Waals surface area contributed by atoms with Gasteiger partial charge in [0.15, 0.2) is 0 Å². The molecule has 0 radical (unpaired) electrons. The fraction of sp³-hybridized carbons (Fsp3) is 0. The number of aromatic nitrogens is 1. The van der Waals surface area contributed by atoms with E-state index in [4.69, 9.17) is 4.98 Å². The second kappa shape index (κ2) is 18.3. The maximum absolute atomic E-state index is 9.76. The summed E-state index contributed by atoms with van der Waals surface area (Å²) in [5, 5.41) is 13.6. The van der Waals surface area contributed by atoms with Crippen molar-refractivity contribution in [3.05, 3.63) is 283 Å². The highest BCUT2D eigenvalue weighted by molar-refractivity contribution is 6.36. The first-order chi connectivity index (χ1) is 33.1. The molecule has 0 unspecified atom stereocenters. The van der Waals surface area contributed by atoms with Gasteiger partial charge in [-0.25, -0.2) is 4.98 Å². The van der Waals surface area contributed by atoms with Gasteiger partial charge in [-0.3, -0.25) is 5.41 Å². The van der Waals surface area contributed by atoms with Gasteiger partial charge in [0, 0.05) is 33.5 Å². The van der Waals surface area contributed by atoms with Crippen LogP contribution in [0.15, 0.2) is 255 Å². The van der Waals surface area contributed by atoms with E-state index in [2.05, 4.69) is 212 Å². The van der Waals surface area contributed by atoms with E-state index in [1.807, 2.05) is 54.6 Å². The summed E-state index contributed by atoms with van der Waals surface area (Å²) in [5.74, 6) is 0. The lowest BCUT2D eigenvalue weighted by atomic mass is 9.85. The molecule has 10 aromatic rings. The number of pyridine rings is 1. The van der Waals surface area contributed by atoms with Crippen LogP contribution in [0.3, 0.4) is 0 Å². The summed E-state index contributed by atoms with van der Waals surface area (Å²) in [6.45, 7) is 0. The van der Waals surface area contributed by atoms with Crippen molar-refractivity contribution < 1.29 is 0 Å². The van der Waals surface area contributed by atoms with E-state index in [0.29, 0.717) is 5.71 Å². The monoisotopic (exact) mass is 855 g/mol. The minimum Gasteiger partial charge on any atom is -0.354 e. The number of allylic oxidation sites excluding steroid dienone is 1. The molecule has 3 heteroatoms. The van der Waals surface area contributed by atoms with E-state index in [0.717, 1.165) is 101 Å². The largest absolute Gasteiger partial charge is 0.354 e. The molecular weight excluding hydrogens is 811 g/mol. The molecule has 316 valence electrons. The molecule has 0 fully saturated rings. The normalized spacial score (nSPS) is 12.6. The third kappa shape index (κ3) is 8.46. The van der Waals surface area contributed by atoms with Gasteiger partial charge >= 0.3 is 0 Å². The van der Waals surface area contributed by atoms with Crippen molar-refractivity contribution in [3.63, 3.8) is 0 Å². The van der Waals surface area contributed by atoms with E-state index in [9.17, 15) is 5.41 Å². The first-order valence-electron chi connectivity index (χ1n) is 22.7. The van der Waals surface area contributed by atoms with Gasteiger partial charge in [-0.1, -0.05) is 224 Å². The summed E-state index contributed by atoms with van der Waals surface area (Å²) in [6.07, 6.45) is 2.27. The van der Waals surface area contributed by atoms with Gasteiger partial charge in [-0.2, -0.15) is 0 Å². The quantitative estimate of drug-likeness (QED) is 0.135. The van der Waals surface area contributed by atoms with Crippen LogP contribution in [-0.2, 0) is 0 Å². The zero-order valence-corrected chi connectivity index (χ0v) is 36.8. The number of hydrogen-bond donors (Lipinski definition) is 2. The maximum Gasteiger partial charge on any atom is 0.0715 e. The molecule has 0 spiro atoms. The molecular formula is C64H45N3. The third-order valence-corrected chi connectivity index (χ3v) is 12.5. The molecule has 0 aliphatic carbocycles. The molecule has 2 heterocycles. The molecule has 11 rings (SSSR count). The highest BCUT2D eigenvalue weighted by atomic mass is 14.9. The van der Waals surface area contributed by atoms with E-state index in [1.165, 1.54) is 11.1 Å². The lowest BCUT2D eigenvalue weighted by Gasteiger charge is -2.27. The molecule has 0 atom stereocenters. The Bertz CT molecular complexity index is 3360. The second-order valence-electron chi connectivity index (χ2n) is 16.8. The Balaban J connectivity index is 1.08. The molecule has 0 saturated heterocycles. The average molecular weight is 856 g/mol. The van der Waals surface area contributed by atoms with Crippen LogP contribution < -0.4 is 5.32 Å². The summed E-state index contributed by atoms with van der Waals surface area (Å²) in [5.41, 5.74) is 21.1. The smallest absolute Gasteiger partial charge is 0.0715 e. The predicted molar refractivity (Wildman–Crippen MR) is 281 cm³/mol. The Morgan fingerprint density at radius 1 is 0.328 bits per heavy atom. The van der Waals surface area contributed by atoms with Crippen molar-refractivity contribution in [2.45, 2.75) is 0 Å². The van der Waals surface area contributed by atoms with Crippen molar-refractivity contribution in [2.24, 2.45) is 0 Å². The van der Waals surface area contributed by atoms with Gasteiger partial charge in [0.1, 0.15) is 0 Å². The number of benzene rings is 9. The molecule has 2 N–H and O–H groups in total. The first-order valence-corrected chi connectivity index (χ1v) is 22.7. The minimum absolute atomic E-state index is 0.454. The van der Waals surface area contributed by atoms with Gasteiger partial charge in [0.25, 0.3) is 0 Å². The van der Waals surface area contributed by atoms with Crippen molar-refractivity contribution >= 4 is 28.8 Å². The number of nitrogens with one attached hydrogen (secondary N) is 2. The molecule has 1 aliphatic rings. The van der Waals surface area contributed by atoms with Crippen LogP contribution in [0.2, 0.25) is 0 Å². The van der Waals surface area contributed by atoms with Crippen LogP contribution in [0.4, 0.5) is 0 Å². The Morgan fingerprint density at radius 3 is 1.28 bits per heavy atom. The Kier molecular flexibility index (Phi) is 11.1. The zero-order valence-electron chi connectivity index (χ0n) is 36.8. The van der Waals surface area contributed by atoms with Crippen molar-refractivity contribution in [1.29, 1.82) is 5.41 Å². The van der Waals surface area contributed by atoms with E-state index >= 15 is 0 Å². The van der Waals surface area contributed by atoms with Crippen molar-refractivity contribution in [3.8, 4) is 67.0 Å². The van der Waals surface area contributed by atoms with Crippen LogP contribution >= 0.6 is 0 Å². The molecule has 67 heavy (non-hydrogen) atoms. The number of nitrogens with zero attached hydrogens (tertiary/aromatic N) is 1. The molecule has 0 amide bonds. The number of fused-ring (bicyclic) bond motifs is 1. The second-order valence-corrected chi connectivity index (χ2v) is 16.8. The summed E-state index contributed by atoms with van der Waals surface area (Å²) in [4.78, 5) is 5.39. The summed E-state index contributed by atoms with van der Waals surface area (Å²) < 4.78 is 0. The molecule has 0 saturated carbocycles. The van der Waals surface area contributed by atoms with E-state index in [1.54, 1.807) is 0 Å². The fourth-order valence-electron chi connectivity index (χ4n) is 9.15. The Hall–Kier alpha value is -8.92. The maximum atomic E-state index is 9.76. The van der Waals surface area contributed by atoms with Gasteiger partial charge in [-0.15, -0.1) is 0 Å². The predicted octanol–water partition coefficient (Wildman–Crippen LogP) is 16.1. The van der Waals surface area contributed by atoms with Crippen LogP contribution in [0.5, 0.6) is 0 Å². The van der Waals surface area contributed by atoms with Gasteiger partial charge in [0.2, 0.25) is 0 Å². The van der Waals surface area contributed by atoms with Crippen LogP contribution in [0.1, 0.15) is 27.8 Å². The van der Waals surface area contributed by atoms with Crippen LogP contribution in [-0.4, -0.2) is 10.7 Å². The topological polar surface area (TPSA) is 48.8 Å². The highest BCUT2D eigenvalue weighted by Crippen LogP contribution is 2.42. The standard InChI is InChI=1S/C64H45N3/c65-63(48-28-14-5-15-29-48)62(47-26-12-4-13-27-47)64-57-37-19-36-56(58(57)43-61(67-64)46-24-10-3-11-25-46)52-33-16-32-51(38-52)55-41-59(53-34-17-30-49(39-53)44-20-6-1-7-21-44)66-60(42-55)54-35-18-31-50(40-54)45-22-8-2-9-23-45/h1-43,65,67H/b64-62-,65-63?. The Labute approximate surface area is 392 Å². The summed E-state index contributed by atoms with van der Waals surface area (Å²) in [6, 6.07) is 89.1. The average Bonchev–Trinajstić information content (AvgIpc) is 3.42. The third-order valence-electron chi connectivity index (χ3n) is 12.5. The minimum atomic E-state index is 0.454. The lowest BCUT2D eigenvalue weighted by molar-refractivity contribution is 1.22. The van der Waals surface area contributed by atoms with Gasteiger partial charge in [0.05, 0.1) is 22.8 Å². The lowest BCUT2D eigenvalue weighted by Crippen LogP contribution is -2.20. The molecule has 9 aromatic carbocycles. The van der Waals surface area contributed by atoms with Crippen LogP contribution in [0.25, 0.3) is 90.1 Å². The molecule has 0 bridgehead atoms. The molecule has 1 aromatic heterocycles.